The summed E-state index contributed by atoms with van der Waals surface area (Å²) in [6.07, 6.45) is 0. The number of anilines is 1. The number of carbonyl (C=O) groups is 1. The number of nitrogens with one attached hydrogen (secondary N) is 1. The first-order chi connectivity index (χ1) is 16.4. The van der Waals surface area contributed by atoms with E-state index in [4.69, 9.17) is 14.5 Å². The van der Waals surface area contributed by atoms with E-state index in [0.717, 1.165) is 27.9 Å². The molecule has 0 unspecified atom stereocenters. The minimum atomic E-state index is -0.144. The van der Waals surface area contributed by atoms with Crippen molar-refractivity contribution in [2.45, 2.75) is 32.5 Å². The third-order valence-corrected chi connectivity index (χ3v) is 7.45. The van der Waals surface area contributed by atoms with E-state index < -0.39 is 0 Å². The SMILES string of the molecule is Cc1cc(C)c(NC(=O)CSc2nc3ccsc3c(=O)n2Cc2ccc3c(c2)OCO3)c(C)c1. The molecular formula is C25H23N3O4S2. The van der Waals surface area contributed by atoms with Gasteiger partial charge in [-0.05, 0) is 61.0 Å². The number of nitrogens with zero attached hydrogens (tertiary/aromatic N) is 2. The lowest BCUT2D eigenvalue weighted by molar-refractivity contribution is -0.113. The van der Waals surface area contributed by atoms with Gasteiger partial charge in [-0.25, -0.2) is 4.98 Å². The van der Waals surface area contributed by atoms with E-state index >= 15 is 0 Å². The Kier molecular flexibility index (Phi) is 6.05. The number of ether oxygens (including phenoxy) is 2. The van der Waals surface area contributed by atoms with Crippen LogP contribution in [0.15, 0.2) is 51.7 Å². The second kappa shape index (κ2) is 9.15. The zero-order chi connectivity index (χ0) is 23.8. The predicted octanol–water partition coefficient (Wildman–Crippen LogP) is 4.89. The minimum Gasteiger partial charge on any atom is -0.454 e. The molecule has 2 aromatic carbocycles. The molecule has 0 atom stereocenters. The highest BCUT2D eigenvalue weighted by Crippen LogP contribution is 2.33. The zero-order valence-corrected chi connectivity index (χ0v) is 20.6. The molecule has 9 heteroatoms. The first-order valence-electron chi connectivity index (χ1n) is 10.8. The molecule has 1 aliphatic rings. The Labute approximate surface area is 204 Å². The summed E-state index contributed by atoms with van der Waals surface area (Å²) in [5, 5.41) is 5.37. The van der Waals surface area contributed by atoms with Gasteiger partial charge >= 0.3 is 0 Å². The molecule has 2 aromatic heterocycles. The molecule has 7 nitrogen and oxygen atoms in total. The number of thiophene rings is 1. The van der Waals surface area contributed by atoms with Gasteiger partial charge in [-0.2, -0.15) is 0 Å². The van der Waals surface area contributed by atoms with Gasteiger partial charge in [-0.15, -0.1) is 11.3 Å². The Bertz CT molecular complexity index is 1450. The molecule has 0 bridgehead atoms. The summed E-state index contributed by atoms with van der Waals surface area (Å²) in [6, 6.07) is 11.5. The van der Waals surface area contributed by atoms with Crippen LogP contribution in [0.2, 0.25) is 0 Å². The standard InChI is InChI=1S/C25H23N3O4S2/c1-14-8-15(2)22(16(3)9-14)27-21(29)12-34-25-26-18-6-7-33-23(18)24(30)28(25)11-17-4-5-19-20(10-17)32-13-31-19/h4-10H,11-13H2,1-3H3,(H,27,29). The van der Waals surface area contributed by atoms with E-state index in [1.54, 1.807) is 4.57 Å². The topological polar surface area (TPSA) is 82.5 Å². The molecule has 5 rings (SSSR count). The van der Waals surface area contributed by atoms with Crippen molar-refractivity contribution in [3.8, 4) is 11.5 Å². The molecule has 0 radical (unpaired) electrons. The maximum Gasteiger partial charge on any atom is 0.272 e. The average molecular weight is 494 g/mol. The third kappa shape index (κ3) is 4.41. The minimum absolute atomic E-state index is 0.120. The second-order valence-corrected chi connectivity index (χ2v) is 10.1. The summed E-state index contributed by atoms with van der Waals surface area (Å²) in [6.45, 7) is 6.51. The van der Waals surface area contributed by atoms with Crippen molar-refractivity contribution in [1.29, 1.82) is 0 Å². The molecule has 1 amide bonds. The number of rotatable bonds is 6. The second-order valence-electron chi connectivity index (χ2n) is 8.22. The van der Waals surface area contributed by atoms with Crippen LogP contribution in [0, 0.1) is 20.8 Å². The van der Waals surface area contributed by atoms with Crippen LogP contribution in [0.25, 0.3) is 10.2 Å². The summed E-state index contributed by atoms with van der Waals surface area (Å²) < 4.78 is 13.1. The molecule has 4 aromatic rings. The maximum atomic E-state index is 13.3. The summed E-state index contributed by atoms with van der Waals surface area (Å²) in [5.74, 6) is 1.34. The van der Waals surface area contributed by atoms with Crippen LogP contribution in [-0.4, -0.2) is 28.0 Å². The monoisotopic (exact) mass is 493 g/mol. The average Bonchev–Trinajstić information content (AvgIpc) is 3.46. The third-order valence-electron chi connectivity index (χ3n) is 5.58. The molecule has 1 N–H and O–H groups in total. The highest BCUT2D eigenvalue weighted by Gasteiger charge is 2.18. The summed E-state index contributed by atoms with van der Waals surface area (Å²) >= 11 is 2.62. The lowest BCUT2D eigenvalue weighted by Crippen LogP contribution is -2.24. The van der Waals surface area contributed by atoms with Crippen molar-refractivity contribution < 1.29 is 14.3 Å². The summed E-state index contributed by atoms with van der Waals surface area (Å²) in [4.78, 5) is 30.8. The normalized spacial score (nSPS) is 12.3. The van der Waals surface area contributed by atoms with Gasteiger partial charge in [0.25, 0.3) is 5.56 Å². The number of carbonyl (C=O) groups excluding carboxylic acids is 1. The number of hydrogen-bond acceptors (Lipinski definition) is 7. The van der Waals surface area contributed by atoms with Crippen molar-refractivity contribution in [2.24, 2.45) is 0 Å². The van der Waals surface area contributed by atoms with Crippen molar-refractivity contribution in [2.75, 3.05) is 17.9 Å². The van der Waals surface area contributed by atoms with Crippen LogP contribution in [0.3, 0.4) is 0 Å². The summed E-state index contributed by atoms with van der Waals surface area (Å²) in [5.41, 5.74) is 5.44. The Morgan fingerprint density at radius 2 is 1.88 bits per heavy atom. The Balaban J connectivity index is 1.40. The maximum absolute atomic E-state index is 13.3. The number of fused-ring (bicyclic) bond motifs is 2. The van der Waals surface area contributed by atoms with Crippen molar-refractivity contribution in [3.63, 3.8) is 0 Å². The molecule has 34 heavy (non-hydrogen) atoms. The number of thioether (sulfide) groups is 1. The van der Waals surface area contributed by atoms with E-state index in [2.05, 4.69) is 5.32 Å². The largest absolute Gasteiger partial charge is 0.454 e. The van der Waals surface area contributed by atoms with Gasteiger partial charge in [0.05, 0.1) is 17.8 Å². The number of aromatic nitrogens is 2. The highest BCUT2D eigenvalue weighted by molar-refractivity contribution is 7.99. The predicted molar refractivity (Wildman–Crippen MR) is 136 cm³/mol. The highest BCUT2D eigenvalue weighted by atomic mass is 32.2. The molecule has 1 aliphatic heterocycles. The van der Waals surface area contributed by atoms with Gasteiger partial charge in [0.2, 0.25) is 12.7 Å². The number of aryl methyl sites for hydroxylation is 3. The number of amides is 1. The Hall–Kier alpha value is -3.30. The molecule has 3 heterocycles. The van der Waals surface area contributed by atoms with Gasteiger partial charge < -0.3 is 14.8 Å². The van der Waals surface area contributed by atoms with Crippen LogP contribution in [0.5, 0.6) is 11.5 Å². The van der Waals surface area contributed by atoms with Gasteiger partial charge in [-0.3, -0.25) is 14.2 Å². The quantitative estimate of drug-likeness (QED) is 0.304. The number of hydrogen-bond donors (Lipinski definition) is 1. The first-order valence-corrected chi connectivity index (χ1v) is 12.6. The van der Waals surface area contributed by atoms with E-state index in [1.165, 1.54) is 23.1 Å². The van der Waals surface area contributed by atoms with Gasteiger partial charge in [0, 0.05) is 5.69 Å². The molecule has 0 saturated carbocycles. The van der Waals surface area contributed by atoms with Crippen molar-refractivity contribution >= 4 is 44.9 Å². The van der Waals surface area contributed by atoms with Crippen LogP contribution < -0.4 is 20.3 Å². The van der Waals surface area contributed by atoms with Crippen molar-refractivity contribution in [1.82, 2.24) is 9.55 Å². The number of benzene rings is 2. The van der Waals surface area contributed by atoms with Crippen LogP contribution >= 0.6 is 23.1 Å². The fourth-order valence-corrected chi connectivity index (χ4v) is 5.65. The fourth-order valence-electron chi connectivity index (χ4n) is 4.08. The van der Waals surface area contributed by atoms with E-state index in [1.807, 2.05) is 62.5 Å². The lowest BCUT2D eigenvalue weighted by atomic mass is 10.1. The lowest BCUT2D eigenvalue weighted by Gasteiger charge is -2.14. The molecule has 174 valence electrons. The zero-order valence-electron chi connectivity index (χ0n) is 19.0. The smallest absolute Gasteiger partial charge is 0.272 e. The Morgan fingerprint density at radius 3 is 2.68 bits per heavy atom. The van der Waals surface area contributed by atoms with E-state index in [9.17, 15) is 9.59 Å². The van der Waals surface area contributed by atoms with E-state index in [-0.39, 0.29) is 24.0 Å². The van der Waals surface area contributed by atoms with Gasteiger partial charge in [-0.1, -0.05) is 35.5 Å². The van der Waals surface area contributed by atoms with Crippen LogP contribution in [0.1, 0.15) is 22.3 Å². The molecule has 0 saturated heterocycles. The summed E-state index contributed by atoms with van der Waals surface area (Å²) in [7, 11) is 0. The fraction of sp³-hybridized carbons (Fsp3) is 0.240. The first kappa shape index (κ1) is 22.5. The molecule has 0 fully saturated rings. The Morgan fingerprint density at radius 1 is 1.12 bits per heavy atom. The van der Waals surface area contributed by atoms with Crippen molar-refractivity contribution in [3.05, 3.63) is 74.4 Å². The molecular weight excluding hydrogens is 470 g/mol. The van der Waals surface area contributed by atoms with Crippen LogP contribution in [0.4, 0.5) is 5.69 Å². The van der Waals surface area contributed by atoms with Gasteiger partial charge in [0.1, 0.15) is 4.70 Å². The molecule has 0 spiro atoms. The van der Waals surface area contributed by atoms with E-state index in [0.29, 0.717) is 33.4 Å². The van der Waals surface area contributed by atoms with Gasteiger partial charge in [0.15, 0.2) is 16.7 Å². The molecule has 0 aliphatic carbocycles. The van der Waals surface area contributed by atoms with Crippen LogP contribution in [-0.2, 0) is 11.3 Å².